The van der Waals surface area contributed by atoms with Crippen molar-refractivity contribution in [3.8, 4) is 5.75 Å². The number of amides is 1. The average Bonchev–Trinajstić information content (AvgIpc) is 3.45. The molecule has 1 aromatic heterocycles. The smallest absolute Gasteiger partial charge is 0.248 e. The van der Waals surface area contributed by atoms with E-state index in [9.17, 15) is 14.3 Å². The van der Waals surface area contributed by atoms with Gasteiger partial charge in [-0.1, -0.05) is 6.08 Å². The van der Waals surface area contributed by atoms with Gasteiger partial charge in [0.15, 0.2) is 0 Å². The molecule has 3 aromatic rings. The molecule has 176 valence electrons. The molecule has 0 aliphatic carbocycles. The number of hydrogen-bond acceptors (Lipinski definition) is 7. The van der Waals surface area contributed by atoms with Crippen LogP contribution in [0.1, 0.15) is 12.0 Å². The Morgan fingerprint density at radius 2 is 2.21 bits per heavy atom. The zero-order valence-electron chi connectivity index (χ0n) is 18.3. The van der Waals surface area contributed by atoms with Crippen LogP contribution in [-0.2, 0) is 10.7 Å². The van der Waals surface area contributed by atoms with Crippen molar-refractivity contribution >= 4 is 45.6 Å². The van der Waals surface area contributed by atoms with E-state index in [0.717, 1.165) is 19.5 Å². The van der Waals surface area contributed by atoms with E-state index in [-0.39, 0.29) is 29.0 Å². The second kappa shape index (κ2) is 9.54. The second-order valence-corrected chi connectivity index (χ2v) is 8.78. The van der Waals surface area contributed by atoms with Gasteiger partial charge in [0.25, 0.3) is 0 Å². The van der Waals surface area contributed by atoms with Crippen molar-refractivity contribution in [3.63, 3.8) is 0 Å². The molecule has 2 aliphatic rings. The van der Waals surface area contributed by atoms with Crippen LogP contribution in [0.5, 0.6) is 5.75 Å². The predicted molar refractivity (Wildman–Crippen MR) is 130 cm³/mol. The summed E-state index contributed by atoms with van der Waals surface area (Å²) in [7, 11) is 0. The van der Waals surface area contributed by atoms with E-state index in [1.807, 2.05) is 6.08 Å². The van der Waals surface area contributed by atoms with Crippen LogP contribution in [-0.4, -0.2) is 57.6 Å². The third-order valence-electron chi connectivity index (χ3n) is 6.24. The van der Waals surface area contributed by atoms with Crippen LogP contribution >= 0.6 is 11.6 Å². The number of aromatic nitrogens is 2. The molecule has 4 N–H and O–H groups in total. The summed E-state index contributed by atoms with van der Waals surface area (Å²) in [6.45, 7) is 2.71. The summed E-state index contributed by atoms with van der Waals surface area (Å²) in [6, 6.07) is 8.68. The second-order valence-electron chi connectivity index (χ2n) is 8.51. The number of fused-ring (bicyclic) bond motifs is 3. The van der Waals surface area contributed by atoms with Crippen molar-refractivity contribution in [1.29, 1.82) is 0 Å². The number of alkyl halides is 1. The topological polar surface area (TPSA) is 102 Å². The van der Waals surface area contributed by atoms with Crippen LogP contribution in [0, 0.1) is 5.82 Å². The van der Waals surface area contributed by atoms with Gasteiger partial charge >= 0.3 is 0 Å². The zero-order chi connectivity index (χ0) is 23.7. The number of rotatable bonds is 7. The van der Waals surface area contributed by atoms with Gasteiger partial charge in [0.05, 0.1) is 17.1 Å². The van der Waals surface area contributed by atoms with Crippen LogP contribution in [0.25, 0.3) is 10.9 Å². The Morgan fingerprint density at radius 1 is 1.32 bits per heavy atom. The Labute approximate surface area is 200 Å². The fourth-order valence-corrected chi connectivity index (χ4v) is 4.73. The number of anilines is 3. The highest BCUT2D eigenvalue weighted by Gasteiger charge is 2.36. The summed E-state index contributed by atoms with van der Waals surface area (Å²) in [6.07, 6.45) is 5.84. The lowest BCUT2D eigenvalue weighted by atomic mass is 10.1. The van der Waals surface area contributed by atoms with Crippen molar-refractivity contribution in [3.05, 3.63) is 60.2 Å². The molecule has 2 bridgehead atoms. The Morgan fingerprint density at radius 3 is 2.97 bits per heavy atom. The van der Waals surface area contributed by atoms with E-state index in [0.29, 0.717) is 46.6 Å². The fourth-order valence-electron chi connectivity index (χ4n) is 4.52. The molecular weight excluding hydrogens is 459 g/mol. The summed E-state index contributed by atoms with van der Waals surface area (Å²) >= 11 is 5.81. The molecule has 3 heterocycles. The number of piperazine rings is 1. The first kappa shape index (κ1) is 22.5. The van der Waals surface area contributed by atoms with Crippen molar-refractivity contribution in [2.75, 3.05) is 30.3 Å². The predicted octanol–water partition coefficient (Wildman–Crippen LogP) is 3.50. The van der Waals surface area contributed by atoms with Gasteiger partial charge in [-0.05, 0) is 30.7 Å². The molecule has 8 nitrogen and oxygen atoms in total. The minimum Gasteiger partial charge on any atom is -0.506 e. The molecule has 2 fully saturated rings. The maximum atomic E-state index is 13.8. The standard InChI is InChI=1S/C24H24ClFN6O2/c25-10-14-6-15(3-4-19(14)26)30-24-18-8-21(22(33)9-20(18)28-13-29-24)31-23(34)2-1-5-32-12-16-7-17(32)11-27-16/h1-4,6,8-9,13,16-17,27,33H,5,7,10-12H2,(H,31,34)(H,28,29,30)/b2-1+. The third kappa shape index (κ3) is 4.68. The lowest BCUT2D eigenvalue weighted by Crippen LogP contribution is -2.43. The van der Waals surface area contributed by atoms with Crippen molar-refractivity contribution < 1.29 is 14.3 Å². The van der Waals surface area contributed by atoms with Gasteiger partial charge in [-0.3, -0.25) is 9.69 Å². The summed E-state index contributed by atoms with van der Waals surface area (Å²) in [5.41, 5.74) is 1.69. The zero-order valence-corrected chi connectivity index (χ0v) is 19.0. The van der Waals surface area contributed by atoms with Crippen LogP contribution < -0.4 is 16.0 Å². The first-order valence-electron chi connectivity index (χ1n) is 11.0. The average molecular weight is 483 g/mol. The van der Waals surface area contributed by atoms with Gasteiger partial charge in [-0.15, -0.1) is 11.6 Å². The Kier molecular flexibility index (Phi) is 6.32. The Balaban J connectivity index is 1.32. The molecule has 2 atom stereocenters. The first-order chi connectivity index (χ1) is 16.5. The first-order valence-corrected chi connectivity index (χ1v) is 11.6. The highest BCUT2D eigenvalue weighted by atomic mass is 35.5. The van der Waals surface area contributed by atoms with Gasteiger partial charge in [0.1, 0.15) is 23.7 Å². The molecule has 10 heteroatoms. The number of benzene rings is 2. The quantitative estimate of drug-likeness (QED) is 0.232. The highest BCUT2D eigenvalue weighted by molar-refractivity contribution is 6.17. The summed E-state index contributed by atoms with van der Waals surface area (Å²) in [4.78, 5) is 23.3. The molecule has 34 heavy (non-hydrogen) atoms. The summed E-state index contributed by atoms with van der Waals surface area (Å²) in [5, 5.41) is 20.3. The van der Waals surface area contributed by atoms with Crippen LogP contribution in [0.15, 0.2) is 48.8 Å². The third-order valence-corrected chi connectivity index (χ3v) is 6.53. The van der Waals surface area contributed by atoms with E-state index in [4.69, 9.17) is 11.6 Å². The van der Waals surface area contributed by atoms with E-state index < -0.39 is 0 Å². The number of nitrogens with one attached hydrogen (secondary N) is 3. The Bertz CT molecular complexity index is 1270. The number of hydrogen-bond donors (Lipinski definition) is 4. The van der Waals surface area contributed by atoms with E-state index in [2.05, 4.69) is 30.8 Å². The molecular formula is C24H24ClFN6O2. The number of carbonyl (C=O) groups excluding carboxylic acids is 1. The number of phenolic OH excluding ortho intramolecular Hbond substituents is 1. The summed E-state index contributed by atoms with van der Waals surface area (Å²) in [5.74, 6) is -0.341. The lowest BCUT2D eigenvalue weighted by Gasteiger charge is -2.25. The van der Waals surface area contributed by atoms with E-state index in [1.165, 1.54) is 24.5 Å². The van der Waals surface area contributed by atoms with Gasteiger partial charge in [-0.2, -0.15) is 0 Å². The normalized spacial score (nSPS) is 19.8. The largest absolute Gasteiger partial charge is 0.506 e. The number of carbonyl (C=O) groups is 1. The van der Waals surface area contributed by atoms with Crippen LogP contribution in [0.2, 0.25) is 0 Å². The molecule has 5 rings (SSSR count). The molecule has 2 unspecified atom stereocenters. The Hall–Kier alpha value is -3.27. The number of aromatic hydroxyl groups is 1. The van der Waals surface area contributed by atoms with E-state index in [1.54, 1.807) is 18.2 Å². The molecule has 2 saturated heterocycles. The van der Waals surface area contributed by atoms with Gasteiger partial charge < -0.3 is 21.1 Å². The monoisotopic (exact) mass is 482 g/mol. The van der Waals surface area contributed by atoms with Gasteiger partial charge in [0.2, 0.25) is 5.91 Å². The number of nitrogens with zero attached hydrogens (tertiary/aromatic N) is 3. The highest BCUT2D eigenvalue weighted by Crippen LogP contribution is 2.32. The minimum atomic E-state index is -0.384. The minimum absolute atomic E-state index is 0.0410. The fraction of sp³-hybridized carbons (Fsp3) is 0.292. The van der Waals surface area contributed by atoms with Crippen molar-refractivity contribution in [1.82, 2.24) is 20.2 Å². The molecule has 2 aromatic carbocycles. The van der Waals surface area contributed by atoms with Gasteiger partial charge in [0, 0.05) is 60.5 Å². The van der Waals surface area contributed by atoms with Gasteiger partial charge in [-0.25, -0.2) is 14.4 Å². The molecule has 2 aliphatic heterocycles. The van der Waals surface area contributed by atoms with Crippen LogP contribution in [0.4, 0.5) is 21.6 Å². The maximum Gasteiger partial charge on any atom is 0.248 e. The maximum absolute atomic E-state index is 13.8. The number of likely N-dealkylation sites (tertiary alicyclic amines) is 1. The van der Waals surface area contributed by atoms with Crippen molar-refractivity contribution in [2.45, 2.75) is 24.4 Å². The lowest BCUT2D eigenvalue weighted by molar-refractivity contribution is -0.111. The number of phenols is 1. The van der Waals surface area contributed by atoms with E-state index >= 15 is 0 Å². The molecule has 0 saturated carbocycles. The van der Waals surface area contributed by atoms with Crippen LogP contribution in [0.3, 0.4) is 0 Å². The summed E-state index contributed by atoms with van der Waals surface area (Å²) < 4.78 is 13.8. The molecule has 0 radical (unpaired) electrons. The van der Waals surface area contributed by atoms with Crippen molar-refractivity contribution in [2.24, 2.45) is 0 Å². The molecule has 0 spiro atoms. The molecule has 1 amide bonds. The number of halogens is 2. The SMILES string of the molecule is O=C(/C=C/CN1CC2CC1CN2)Nc1cc2c(Nc3ccc(F)c(CCl)c3)ncnc2cc1O.